The molecule has 6 heteroatoms. The largest absolute Gasteiger partial charge is 0.336 e. The average Bonchev–Trinajstić information content (AvgIpc) is 2.34. The van der Waals surface area contributed by atoms with Crippen LogP contribution in [0.1, 0.15) is 0 Å². The van der Waals surface area contributed by atoms with Crippen molar-refractivity contribution in [3.63, 3.8) is 0 Å². The lowest BCUT2D eigenvalue weighted by Gasteiger charge is -2.22. The van der Waals surface area contributed by atoms with Crippen LogP contribution in [0, 0.1) is 0 Å². The summed E-state index contributed by atoms with van der Waals surface area (Å²) < 4.78 is 0. The smallest absolute Gasteiger partial charge is 0.275 e. The van der Waals surface area contributed by atoms with Gasteiger partial charge in [-0.05, 0) is 0 Å². The molecule has 1 atom stereocenters. The van der Waals surface area contributed by atoms with Gasteiger partial charge in [0, 0.05) is 0 Å². The summed E-state index contributed by atoms with van der Waals surface area (Å²) in [7, 11) is 0. The zero-order valence-corrected chi connectivity index (χ0v) is 5.66. The van der Waals surface area contributed by atoms with E-state index in [1.54, 1.807) is 0 Å². The van der Waals surface area contributed by atoms with Crippen LogP contribution in [0.4, 0.5) is 0 Å². The van der Waals surface area contributed by atoms with Gasteiger partial charge < -0.3 is 10.6 Å². The van der Waals surface area contributed by atoms with Crippen molar-refractivity contribution in [2.24, 2.45) is 15.7 Å². The molecule has 0 saturated carbocycles. The second-order valence-electron chi connectivity index (χ2n) is 2.25. The van der Waals surface area contributed by atoms with E-state index in [-0.39, 0.29) is 5.91 Å². The molecule has 0 aromatic carbocycles. The third-order valence-corrected chi connectivity index (χ3v) is 1.48. The second-order valence-corrected chi connectivity index (χ2v) is 2.25. The predicted molar refractivity (Wildman–Crippen MR) is 39.0 cm³/mol. The maximum atomic E-state index is 11.0. The first kappa shape index (κ1) is 6.29. The normalized spacial score (nSPS) is 28.1. The minimum Gasteiger partial charge on any atom is -0.336 e. The summed E-state index contributed by atoms with van der Waals surface area (Å²) in [4.78, 5) is 18.8. The van der Waals surface area contributed by atoms with Crippen LogP contribution in [0.25, 0.3) is 0 Å². The third-order valence-electron chi connectivity index (χ3n) is 1.48. The molecule has 1 saturated heterocycles. The number of aliphatic imine (C=N–C) groups is 2. The summed E-state index contributed by atoms with van der Waals surface area (Å²) >= 11 is 0. The van der Waals surface area contributed by atoms with Crippen LogP contribution in [0.15, 0.2) is 9.98 Å². The summed E-state index contributed by atoms with van der Waals surface area (Å²) in [6.07, 6.45) is -0.543. The molecule has 0 aromatic heterocycles. The number of rotatable bonds is 0. The number of nitrogens with two attached hydrogens (primary N) is 1. The fourth-order valence-corrected chi connectivity index (χ4v) is 1.01. The van der Waals surface area contributed by atoms with Crippen LogP contribution < -0.4 is 16.4 Å². The number of nitrogens with zero attached hydrogens (tertiary/aromatic N) is 2. The van der Waals surface area contributed by atoms with Gasteiger partial charge in [-0.2, -0.15) is 0 Å². The highest BCUT2D eigenvalue weighted by Gasteiger charge is 2.28. The monoisotopic (exact) mass is 153 g/mol. The highest BCUT2D eigenvalue weighted by Crippen LogP contribution is 1.98. The first-order valence-electron chi connectivity index (χ1n) is 3.19. The fourth-order valence-electron chi connectivity index (χ4n) is 1.01. The number of carbonyl (C=O) groups is 1. The van der Waals surface area contributed by atoms with E-state index in [1.807, 2.05) is 0 Å². The number of carbonyl (C=O) groups excluding carboxylic acids is 1. The standard InChI is InChI=1S/C5H7N5O/c6-5-9-3-2(4(11)10-5)7-1-8-3/h5H,1,6H2,(H,8,9)(H,10,11). The summed E-state index contributed by atoms with van der Waals surface area (Å²) in [6.45, 7) is 0.317. The molecule has 6 nitrogen and oxygen atoms in total. The Labute approximate surface area is 62.6 Å². The molecule has 2 heterocycles. The van der Waals surface area contributed by atoms with Crippen molar-refractivity contribution in [3.05, 3.63) is 0 Å². The van der Waals surface area contributed by atoms with Gasteiger partial charge in [0.05, 0.1) is 0 Å². The molecule has 0 aliphatic carbocycles. The highest BCUT2D eigenvalue weighted by atomic mass is 16.2. The molecular weight excluding hydrogens is 146 g/mol. The van der Waals surface area contributed by atoms with Gasteiger partial charge >= 0.3 is 0 Å². The number of fused-ring (bicyclic) bond motifs is 1. The van der Waals surface area contributed by atoms with E-state index in [0.717, 1.165) is 0 Å². The highest BCUT2D eigenvalue weighted by molar-refractivity contribution is 6.67. The van der Waals surface area contributed by atoms with Gasteiger partial charge in [-0.1, -0.05) is 0 Å². The van der Waals surface area contributed by atoms with E-state index in [1.165, 1.54) is 0 Å². The molecule has 1 fully saturated rings. The number of hydrogen-bond acceptors (Lipinski definition) is 5. The number of amides is 1. The SMILES string of the molecule is NC1NC(=O)C2=NCN=C2N1. The molecule has 0 radical (unpaired) electrons. The van der Waals surface area contributed by atoms with Crippen molar-refractivity contribution in [2.75, 3.05) is 6.67 Å². The van der Waals surface area contributed by atoms with Crippen LogP contribution in [-0.4, -0.2) is 30.4 Å². The zero-order valence-electron chi connectivity index (χ0n) is 5.66. The molecule has 1 unspecified atom stereocenters. The third kappa shape index (κ3) is 0.874. The summed E-state index contributed by atoms with van der Waals surface area (Å²) in [5.74, 6) is 0.244. The number of nitrogens with one attached hydrogen (secondary N) is 2. The van der Waals surface area contributed by atoms with Gasteiger partial charge in [0.15, 0.2) is 17.8 Å². The molecular formula is C5H7N5O. The van der Waals surface area contributed by atoms with Gasteiger partial charge in [0.1, 0.15) is 6.67 Å². The van der Waals surface area contributed by atoms with Crippen LogP contribution in [-0.2, 0) is 4.79 Å². The van der Waals surface area contributed by atoms with Gasteiger partial charge in [-0.3, -0.25) is 15.5 Å². The minimum atomic E-state index is -0.543. The first-order valence-corrected chi connectivity index (χ1v) is 3.19. The molecule has 0 spiro atoms. The molecule has 4 N–H and O–H groups in total. The quantitative estimate of drug-likeness (QED) is 0.367. The van der Waals surface area contributed by atoms with Gasteiger partial charge in [0.2, 0.25) is 0 Å². The summed E-state index contributed by atoms with van der Waals surface area (Å²) in [5.41, 5.74) is 5.76. The Morgan fingerprint density at radius 1 is 1.45 bits per heavy atom. The zero-order chi connectivity index (χ0) is 7.84. The van der Waals surface area contributed by atoms with Crippen LogP contribution in [0.5, 0.6) is 0 Å². The van der Waals surface area contributed by atoms with E-state index in [0.29, 0.717) is 18.2 Å². The molecule has 2 aliphatic heterocycles. The van der Waals surface area contributed by atoms with E-state index in [2.05, 4.69) is 20.6 Å². The van der Waals surface area contributed by atoms with Crippen LogP contribution in [0.2, 0.25) is 0 Å². The lowest BCUT2D eigenvalue weighted by atomic mass is 10.3. The number of amidine groups is 1. The first-order chi connectivity index (χ1) is 5.27. The van der Waals surface area contributed by atoms with Crippen molar-refractivity contribution in [2.45, 2.75) is 6.29 Å². The molecule has 58 valence electrons. The average molecular weight is 153 g/mol. The van der Waals surface area contributed by atoms with Crippen molar-refractivity contribution >= 4 is 17.5 Å². The van der Waals surface area contributed by atoms with Crippen molar-refractivity contribution in [1.29, 1.82) is 0 Å². The minimum absolute atomic E-state index is 0.257. The molecule has 0 bridgehead atoms. The van der Waals surface area contributed by atoms with E-state index >= 15 is 0 Å². The van der Waals surface area contributed by atoms with Gasteiger partial charge in [0.25, 0.3) is 5.91 Å². The van der Waals surface area contributed by atoms with Crippen molar-refractivity contribution in [1.82, 2.24) is 10.6 Å². The molecule has 2 rings (SSSR count). The second kappa shape index (κ2) is 2.03. The Balaban J connectivity index is 2.31. The fraction of sp³-hybridized carbons (Fsp3) is 0.400. The van der Waals surface area contributed by atoms with Crippen LogP contribution in [0.3, 0.4) is 0 Å². The van der Waals surface area contributed by atoms with Crippen molar-refractivity contribution in [3.8, 4) is 0 Å². The Morgan fingerprint density at radius 3 is 3.09 bits per heavy atom. The predicted octanol–water partition coefficient (Wildman–Crippen LogP) is -2.24. The Morgan fingerprint density at radius 2 is 2.27 bits per heavy atom. The van der Waals surface area contributed by atoms with Gasteiger partial charge in [-0.15, -0.1) is 0 Å². The molecule has 1 amide bonds. The van der Waals surface area contributed by atoms with Gasteiger partial charge in [-0.25, -0.2) is 4.99 Å². The summed E-state index contributed by atoms with van der Waals surface area (Å²) in [6, 6.07) is 0. The lowest BCUT2D eigenvalue weighted by molar-refractivity contribution is -0.115. The molecule has 11 heavy (non-hydrogen) atoms. The van der Waals surface area contributed by atoms with E-state index in [4.69, 9.17) is 5.73 Å². The Kier molecular flexibility index (Phi) is 1.16. The maximum absolute atomic E-state index is 11.0. The molecule has 2 aliphatic rings. The van der Waals surface area contributed by atoms with E-state index in [9.17, 15) is 4.79 Å². The lowest BCUT2D eigenvalue weighted by Crippen LogP contribution is -2.63. The van der Waals surface area contributed by atoms with Crippen LogP contribution >= 0.6 is 0 Å². The van der Waals surface area contributed by atoms with Crippen molar-refractivity contribution < 1.29 is 4.79 Å². The topological polar surface area (TPSA) is 91.9 Å². The Bertz CT molecular complexity index is 268. The molecule has 0 aromatic rings. The maximum Gasteiger partial charge on any atom is 0.275 e. The summed E-state index contributed by atoms with van der Waals surface area (Å²) in [5, 5.41) is 5.24. The number of hydrogen-bond donors (Lipinski definition) is 3. The Hall–Kier alpha value is -1.43. The van der Waals surface area contributed by atoms with E-state index < -0.39 is 6.29 Å².